The number of aryl methyl sites for hydroxylation is 2. The molecule has 2 aliphatic rings. The van der Waals surface area contributed by atoms with Gasteiger partial charge >= 0.3 is 0 Å². The Morgan fingerprint density at radius 3 is 2.44 bits per heavy atom. The Labute approximate surface area is 242 Å². The minimum atomic E-state index is -0.167. The zero-order chi connectivity index (χ0) is 28.6. The number of nitrogens with zero attached hydrogens (tertiary/aromatic N) is 2. The molecular weight excluding hydrogens is 520 g/mol. The summed E-state index contributed by atoms with van der Waals surface area (Å²) in [5.74, 6) is 2.50. The Balaban J connectivity index is 1.33. The van der Waals surface area contributed by atoms with Crippen molar-refractivity contribution in [3.05, 3.63) is 82.8 Å². The van der Waals surface area contributed by atoms with Crippen LogP contribution >= 0.6 is 0 Å². The summed E-state index contributed by atoms with van der Waals surface area (Å²) in [6.07, 6.45) is 6.27. The third-order valence-electron chi connectivity index (χ3n) is 7.64. The van der Waals surface area contributed by atoms with Crippen molar-refractivity contribution in [2.24, 2.45) is 0 Å². The highest BCUT2D eigenvalue weighted by molar-refractivity contribution is 5.96. The number of benzene rings is 2. The highest BCUT2D eigenvalue weighted by Crippen LogP contribution is 2.33. The van der Waals surface area contributed by atoms with Gasteiger partial charge in [-0.25, -0.2) is 0 Å². The molecule has 2 aliphatic heterocycles. The number of rotatable bonds is 13. The molecule has 1 unspecified atom stereocenters. The first-order valence-corrected chi connectivity index (χ1v) is 14.7. The summed E-state index contributed by atoms with van der Waals surface area (Å²) in [5.41, 5.74) is 2.71. The van der Waals surface area contributed by atoms with Gasteiger partial charge in [0.15, 0.2) is 11.5 Å². The average molecular weight is 561 g/mol. The van der Waals surface area contributed by atoms with Gasteiger partial charge in [-0.05, 0) is 80.1 Å². The van der Waals surface area contributed by atoms with Crippen LogP contribution in [0.25, 0.3) is 0 Å². The van der Waals surface area contributed by atoms with Crippen LogP contribution < -0.4 is 9.47 Å². The van der Waals surface area contributed by atoms with Gasteiger partial charge in [-0.15, -0.1) is 0 Å². The summed E-state index contributed by atoms with van der Waals surface area (Å²) in [5, 5.41) is 0. The standard InChI is InChI=1S/C33H40N2O6/c1-3-4-5-7-25-10-13-27(14-11-25)33(37)35(20-28-8-6-17-38-28)22-32(36)34(21-29-15-9-24(2)41-29)19-26-12-16-30-31(18-26)40-23-39-30/h9-16,18,28H,3-8,17,19-23H2,1-2H3. The van der Waals surface area contributed by atoms with Gasteiger partial charge in [0.25, 0.3) is 5.91 Å². The van der Waals surface area contributed by atoms with E-state index in [-0.39, 0.29) is 37.8 Å². The van der Waals surface area contributed by atoms with E-state index in [2.05, 4.69) is 6.92 Å². The lowest BCUT2D eigenvalue weighted by Crippen LogP contribution is -2.45. The maximum absolute atomic E-state index is 13.9. The van der Waals surface area contributed by atoms with E-state index in [4.69, 9.17) is 18.6 Å². The van der Waals surface area contributed by atoms with E-state index in [1.807, 2.05) is 61.5 Å². The molecule has 218 valence electrons. The minimum absolute atomic E-state index is 0.0544. The van der Waals surface area contributed by atoms with Gasteiger partial charge in [-0.1, -0.05) is 38.0 Å². The van der Waals surface area contributed by atoms with Gasteiger partial charge in [-0.2, -0.15) is 0 Å². The summed E-state index contributed by atoms with van der Waals surface area (Å²) < 4.78 is 22.7. The molecule has 1 atom stereocenters. The van der Waals surface area contributed by atoms with Crippen molar-refractivity contribution in [3.8, 4) is 11.5 Å². The van der Waals surface area contributed by atoms with E-state index < -0.39 is 0 Å². The Morgan fingerprint density at radius 2 is 1.71 bits per heavy atom. The lowest BCUT2D eigenvalue weighted by atomic mass is 10.0. The molecule has 3 heterocycles. The number of carbonyl (C=O) groups excluding carboxylic acids is 2. The SMILES string of the molecule is CCCCCc1ccc(C(=O)N(CC(=O)N(Cc2ccc3c(c2)OCO3)Cc2ccc(C)o2)CC2CCCO2)cc1. The zero-order valence-corrected chi connectivity index (χ0v) is 24.1. The van der Waals surface area contributed by atoms with Crippen LogP contribution in [0.4, 0.5) is 0 Å². The zero-order valence-electron chi connectivity index (χ0n) is 24.1. The highest BCUT2D eigenvalue weighted by Gasteiger charge is 2.28. The molecule has 5 rings (SSSR count). The molecule has 0 saturated carbocycles. The molecule has 0 bridgehead atoms. The molecule has 0 N–H and O–H groups in total. The van der Waals surface area contributed by atoms with Crippen molar-refractivity contribution < 1.29 is 28.2 Å². The molecule has 1 fully saturated rings. The molecule has 0 spiro atoms. The Hall–Kier alpha value is -3.78. The van der Waals surface area contributed by atoms with Crippen molar-refractivity contribution in [1.29, 1.82) is 0 Å². The van der Waals surface area contributed by atoms with Gasteiger partial charge in [0, 0.05) is 25.3 Å². The second kappa shape index (κ2) is 13.7. The van der Waals surface area contributed by atoms with Gasteiger partial charge in [-0.3, -0.25) is 9.59 Å². The second-order valence-corrected chi connectivity index (χ2v) is 10.9. The number of furan rings is 1. The molecule has 0 aliphatic carbocycles. The fraction of sp³-hybridized carbons (Fsp3) is 0.455. The van der Waals surface area contributed by atoms with Crippen LogP contribution in [0.15, 0.2) is 59.0 Å². The third kappa shape index (κ3) is 7.70. The Kier molecular flexibility index (Phi) is 9.62. The first kappa shape index (κ1) is 28.7. The van der Waals surface area contributed by atoms with Crippen LogP contribution in [0, 0.1) is 6.92 Å². The lowest BCUT2D eigenvalue weighted by Gasteiger charge is -2.29. The van der Waals surface area contributed by atoms with Gasteiger partial charge in [0.1, 0.15) is 18.1 Å². The molecular formula is C33H40N2O6. The number of hydrogen-bond donors (Lipinski definition) is 0. The summed E-state index contributed by atoms with van der Waals surface area (Å²) in [6, 6.07) is 17.3. The minimum Gasteiger partial charge on any atom is -0.464 e. The molecule has 41 heavy (non-hydrogen) atoms. The topological polar surface area (TPSA) is 81.5 Å². The van der Waals surface area contributed by atoms with Gasteiger partial charge < -0.3 is 28.4 Å². The van der Waals surface area contributed by atoms with E-state index in [9.17, 15) is 9.59 Å². The van der Waals surface area contributed by atoms with Crippen molar-refractivity contribution in [2.75, 3.05) is 26.5 Å². The summed E-state index contributed by atoms with van der Waals surface area (Å²) in [4.78, 5) is 31.0. The number of carbonyl (C=O) groups is 2. The van der Waals surface area contributed by atoms with Crippen LogP contribution in [0.5, 0.6) is 11.5 Å². The van der Waals surface area contributed by atoms with Crippen molar-refractivity contribution >= 4 is 11.8 Å². The molecule has 0 radical (unpaired) electrons. The second-order valence-electron chi connectivity index (χ2n) is 10.9. The smallest absolute Gasteiger partial charge is 0.254 e. The number of amides is 2. The molecule has 1 saturated heterocycles. The van der Waals surface area contributed by atoms with E-state index >= 15 is 0 Å². The number of fused-ring (bicyclic) bond motifs is 1. The summed E-state index contributed by atoms with van der Waals surface area (Å²) in [6.45, 7) is 5.89. The fourth-order valence-corrected chi connectivity index (χ4v) is 5.34. The van der Waals surface area contributed by atoms with Crippen molar-refractivity contribution in [1.82, 2.24) is 9.80 Å². The molecule has 8 heteroatoms. The predicted octanol–water partition coefficient (Wildman–Crippen LogP) is 5.90. The fourth-order valence-electron chi connectivity index (χ4n) is 5.34. The molecule has 8 nitrogen and oxygen atoms in total. The van der Waals surface area contributed by atoms with Crippen LogP contribution in [0.1, 0.15) is 72.0 Å². The molecule has 2 aromatic carbocycles. The largest absolute Gasteiger partial charge is 0.464 e. The van der Waals surface area contributed by atoms with Crippen molar-refractivity contribution in [3.63, 3.8) is 0 Å². The van der Waals surface area contributed by atoms with Crippen LogP contribution in [-0.2, 0) is 29.0 Å². The van der Waals surface area contributed by atoms with E-state index in [0.717, 1.165) is 37.0 Å². The quantitative estimate of drug-likeness (QED) is 0.242. The lowest BCUT2D eigenvalue weighted by molar-refractivity contribution is -0.133. The van der Waals surface area contributed by atoms with Gasteiger partial charge in [0.05, 0.1) is 12.6 Å². The third-order valence-corrected chi connectivity index (χ3v) is 7.64. The highest BCUT2D eigenvalue weighted by atomic mass is 16.7. The predicted molar refractivity (Wildman–Crippen MR) is 155 cm³/mol. The Bertz CT molecular complexity index is 1310. The van der Waals surface area contributed by atoms with Crippen LogP contribution in [0.3, 0.4) is 0 Å². The number of ether oxygens (including phenoxy) is 3. The van der Waals surface area contributed by atoms with E-state index in [0.29, 0.717) is 42.5 Å². The number of unbranched alkanes of at least 4 members (excludes halogenated alkanes) is 2. The maximum atomic E-state index is 13.9. The van der Waals surface area contributed by atoms with E-state index in [1.165, 1.54) is 18.4 Å². The monoisotopic (exact) mass is 560 g/mol. The first-order valence-electron chi connectivity index (χ1n) is 14.7. The average Bonchev–Trinajstić information content (AvgIpc) is 3.75. The number of hydrogen-bond acceptors (Lipinski definition) is 6. The maximum Gasteiger partial charge on any atom is 0.254 e. The van der Waals surface area contributed by atoms with E-state index in [1.54, 1.807) is 9.80 Å². The summed E-state index contributed by atoms with van der Waals surface area (Å²) >= 11 is 0. The molecule has 3 aromatic rings. The Morgan fingerprint density at radius 1 is 0.902 bits per heavy atom. The molecule has 2 amide bonds. The normalized spacial score (nSPS) is 15.7. The summed E-state index contributed by atoms with van der Waals surface area (Å²) in [7, 11) is 0. The van der Waals surface area contributed by atoms with Crippen LogP contribution in [0.2, 0.25) is 0 Å². The van der Waals surface area contributed by atoms with Crippen LogP contribution in [-0.4, -0.2) is 54.2 Å². The van der Waals surface area contributed by atoms with Crippen molar-refractivity contribution in [2.45, 2.75) is 71.6 Å². The van der Waals surface area contributed by atoms with Gasteiger partial charge in [0.2, 0.25) is 12.7 Å². The first-order chi connectivity index (χ1) is 20.0. The molecule has 1 aromatic heterocycles.